The van der Waals surface area contributed by atoms with Crippen LogP contribution in [0.5, 0.6) is 0 Å². The third-order valence-corrected chi connectivity index (χ3v) is 3.15. The molecule has 90 valence electrons. The maximum absolute atomic E-state index is 12.0. The number of piperidine rings is 1. The lowest BCUT2D eigenvalue weighted by molar-refractivity contribution is -0.123. The number of hydrogen-bond donors (Lipinski definition) is 0. The second kappa shape index (κ2) is 3.75. The Morgan fingerprint density at radius 3 is 2.19 bits per heavy atom. The van der Waals surface area contributed by atoms with Crippen LogP contribution in [0.1, 0.15) is 46.5 Å². The zero-order chi connectivity index (χ0) is 11.9. The molecule has 2 atom stereocenters. The Hall–Kier alpha value is -1.06. The first-order valence-corrected chi connectivity index (χ1v) is 5.90. The number of fused-ring (bicyclic) bond motifs is 2. The van der Waals surface area contributed by atoms with Gasteiger partial charge >= 0.3 is 6.09 Å². The van der Waals surface area contributed by atoms with Crippen molar-refractivity contribution in [3.8, 4) is 0 Å². The SMILES string of the molecule is CC(C)(C)OC(=O)N1C2CC[C@H]1CC(=O)C2. The van der Waals surface area contributed by atoms with Crippen molar-refractivity contribution in [3.05, 3.63) is 0 Å². The van der Waals surface area contributed by atoms with Gasteiger partial charge in [-0.1, -0.05) is 0 Å². The van der Waals surface area contributed by atoms with E-state index in [1.807, 2.05) is 20.8 Å². The smallest absolute Gasteiger partial charge is 0.410 e. The highest BCUT2D eigenvalue weighted by molar-refractivity contribution is 5.83. The maximum atomic E-state index is 12.0. The molecule has 0 aliphatic carbocycles. The molecule has 2 aliphatic heterocycles. The van der Waals surface area contributed by atoms with Crippen molar-refractivity contribution in [1.29, 1.82) is 0 Å². The molecule has 0 aromatic carbocycles. The average Bonchev–Trinajstić information content (AvgIpc) is 2.36. The lowest BCUT2D eigenvalue weighted by Gasteiger charge is -2.35. The number of rotatable bonds is 0. The normalized spacial score (nSPS) is 29.4. The molecule has 0 N–H and O–H groups in total. The minimum atomic E-state index is -0.460. The zero-order valence-corrected chi connectivity index (χ0v) is 10.2. The van der Waals surface area contributed by atoms with E-state index in [0.717, 1.165) is 12.8 Å². The van der Waals surface area contributed by atoms with E-state index in [1.54, 1.807) is 4.90 Å². The first-order valence-electron chi connectivity index (χ1n) is 5.90. The highest BCUT2D eigenvalue weighted by Gasteiger charge is 2.44. The second-order valence-corrected chi connectivity index (χ2v) is 5.72. The number of Topliss-reactive ketones (excluding diaryl/α,β-unsaturated/α-hetero) is 1. The van der Waals surface area contributed by atoms with Crippen molar-refractivity contribution < 1.29 is 14.3 Å². The molecule has 2 heterocycles. The van der Waals surface area contributed by atoms with Crippen molar-refractivity contribution >= 4 is 11.9 Å². The van der Waals surface area contributed by atoms with Crippen LogP contribution in [0.4, 0.5) is 4.79 Å². The van der Waals surface area contributed by atoms with E-state index < -0.39 is 5.60 Å². The summed E-state index contributed by atoms with van der Waals surface area (Å²) in [4.78, 5) is 25.2. The van der Waals surface area contributed by atoms with Gasteiger partial charge in [-0.05, 0) is 33.6 Å². The Kier molecular flexibility index (Phi) is 2.68. The molecular weight excluding hydrogens is 206 g/mol. The fourth-order valence-corrected chi connectivity index (χ4v) is 2.58. The fraction of sp³-hybridized carbons (Fsp3) is 0.833. The van der Waals surface area contributed by atoms with Crippen LogP contribution in [0.2, 0.25) is 0 Å². The van der Waals surface area contributed by atoms with Crippen molar-refractivity contribution in [1.82, 2.24) is 4.90 Å². The van der Waals surface area contributed by atoms with Gasteiger partial charge in [0.25, 0.3) is 0 Å². The Balaban J connectivity index is 2.06. The molecule has 1 unspecified atom stereocenters. The number of amides is 1. The minimum absolute atomic E-state index is 0.0844. The summed E-state index contributed by atoms with van der Waals surface area (Å²) >= 11 is 0. The molecule has 4 nitrogen and oxygen atoms in total. The van der Waals surface area contributed by atoms with Gasteiger partial charge in [-0.15, -0.1) is 0 Å². The van der Waals surface area contributed by atoms with Crippen LogP contribution < -0.4 is 0 Å². The lowest BCUT2D eigenvalue weighted by atomic mass is 10.0. The topological polar surface area (TPSA) is 46.6 Å². The van der Waals surface area contributed by atoms with Crippen molar-refractivity contribution in [3.63, 3.8) is 0 Å². The molecule has 0 aromatic heterocycles. The Bertz CT molecular complexity index is 303. The molecule has 2 rings (SSSR count). The summed E-state index contributed by atoms with van der Waals surface area (Å²) in [6, 6.07) is 0.169. The lowest BCUT2D eigenvalue weighted by Crippen LogP contribution is -2.48. The van der Waals surface area contributed by atoms with Gasteiger partial charge in [-0.25, -0.2) is 4.79 Å². The summed E-state index contributed by atoms with van der Waals surface area (Å²) < 4.78 is 5.37. The Morgan fingerprint density at radius 1 is 1.25 bits per heavy atom. The van der Waals surface area contributed by atoms with E-state index in [1.165, 1.54) is 0 Å². The van der Waals surface area contributed by atoms with Gasteiger partial charge in [0.1, 0.15) is 11.4 Å². The third kappa shape index (κ3) is 2.20. The summed E-state index contributed by atoms with van der Waals surface area (Å²) in [7, 11) is 0. The Labute approximate surface area is 95.9 Å². The molecule has 0 aromatic rings. The molecule has 4 heteroatoms. The average molecular weight is 225 g/mol. The third-order valence-electron chi connectivity index (χ3n) is 3.15. The molecule has 2 saturated heterocycles. The van der Waals surface area contributed by atoms with E-state index in [-0.39, 0.29) is 24.0 Å². The van der Waals surface area contributed by atoms with Crippen LogP contribution in [0.15, 0.2) is 0 Å². The van der Waals surface area contributed by atoms with Crippen molar-refractivity contribution in [2.24, 2.45) is 0 Å². The monoisotopic (exact) mass is 225 g/mol. The minimum Gasteiger partial charge on any atom is -0.444 e. The second-order valence-electron chi connectivity index (χ2n) is 5.72. The highest BCUT2D eigenvalue weighted by atomic mass is 16.6. The van der Waals surface area contributed by atoms with Gasteiger partial charge in [-0.2, -0.15) is 0 Å². The number of ketones is 1. The molecule has 0 saturated carbocycles. The fourth-order valence-electron chi connectivity index (χ4n) is 2.58. The number of nitrogens with zero attached hydrogens (tertiary/aromatic N) is 1. The first-order chi connectivity index (χ1) is 7.37. The summed E-state index contributed by atoms with van der Waals surface area (Å²) in [6.07, 6.45) is 2.64. The van der Waals surface area contributed by atoms with Gasteiger partial charge in [0.05, 0.1) is 0 Å². The predicted octanol–water partition coefficient (Wildman–Crippen LogP) is 2.12. The highest BCUT2D eigenvalue weighted by Crippen LogP contribution is 2.34. The molecule has 0 radical (unpaired) electrons. The van der Waals surface area contributed by atoms with E-state index in [9.17, 15) is 9.59 Å². The molecule has 2 bridgehead atoms. The standard InChI is InChI=1S/C12H19NO3/c1-12(2,3)16-11(15)13-8-4-5-9(13)7-10(14)6-8/h8-9H,4-7H2,1-3H3/t8-,9?/m0/s1. The van der Waals surface area contributed by atoms with Crippen molar-refractivity contribution in [2.75, 3.05) is 0 Å². The summed E-state index contributed by atoms with van der Waals surface area (Å²) in [5, 5.41) is 0. The van der Waals surface area contributed by atoms with E-state index in [2.05, 4.69) is 0 Å². The maximum Gasteiger partial charge on any atom is 0.410 e. The Morgan fingerprint density at radius 2 is 1.75 bits per heavy atom. The molecule has 2 aliphatic rings. The van der Waals surface area contributed by atoms with Gasteiger partial charge in [0, 0.05) is 24.9 Å². The van der Waals surface area contributed by atoms with Crippen LogP contribution >= 0.6 is 0 Å². The molecule has 0 spiro atoms. The summed E-state index contributed by atoms with van der Waals surface area (Å²) in [5.74, 6) is 0.285. The van der Waals surface area contributed by atoms with Crippen LogP contribution in [-0.4, -0.2) is 34.5 Å². The number of hydrogen-bond acceptors (Lipinski definition) is 3. The van der Waals surface area contributed by atoms with Crippen LogP contribution in [-0.2, 0) is 9.53 Å². The molecular formula is C12H19NO3. The number of carbonyl (C=O) groups excluding carboxylic acids is 2. The summed E-state index contributed by atoms with van der Waals surface area (Å²) in [6.45, 7) is 5.59. The number of carbonyl (C=O) groups is 2. The zero-order valence-electron chi connectivity index (χ0n) is 10.2. The molecule has 2 fully saturated rings. The summed E-state index contributed by atoms with van der Waals surface area (Å²) in [5.41, 5.74) is -0.460. The van der Waals surface area contributed by atoms with Gasteiger partial charge in [0.15, 0.2) is 0 Å². The van der Waals surface area contributed by atoms with Gasteiger partial charge in [0.2, 0.25) is 0 Å². The van der Waals surface area contributed by atoms with Gasteiger partial charge in [-0.3, -0.25) is 4.79 Å². The van der Waals surface area contributed by atoms with Gasteiger partial charge < -0.3 is 9.64 Å². The van der Waals surface area contributed by atoms with Crippen molar-refractivity contribution in [2.45, 2.75) is 64.1 Å². The largest absolute Gasteiger partial charge is 0.444 e. The van der Waals surface area contributed by atoms with E-state index in [4.69, 9.17) is 4.74 Å². The first kappa shape index (κ1) is 11.4. The van der Waals surface area contributed by atoms with Crippen LogP contribution in [0, 0.1) is 0 Å². The quantitative estimate of drug-likeness (QED) is 0.634. The van der Waals surface area contributed by atoms with E-state index >= 15 is 0 Å². The number of ether oxygens (including phenoxy) is 1. The van der Waals surface area contributed by atoms with E-state index in [0.29, 0.717) is 12.8 Å². The van der Waals surface area contributed by atoms with Crippen LogP contribution in [0.3, 0.4) is 0 Å². The predicted molar refractivity (Wildman–Crippen MR) is 59.1 cm³/mol. The molecule has 16 heavy (non-hydrogen) atoms. The molecule has 1 amide bonds. The van der Waals surface area contributed by atoms with Crippen LogP contribution in [0.25, 0.3) is 0 Å².